The Balaban J connectivity index is 1.15. The maximum Gasteiger partial charge on any atom is 0.261 e. The van der Waals surface area contributed by atoms with Crippen molar-refractivity contribution in [1.82, 2.24) is 14.9 Å². The number of fused-ring (bicyclic) bond motifs is 2. The van der Waals surface area contributed by atoms with Gasteiger partial charge in [-0.05, 0) is 42.8 Å². The number of aromatic nitrogens is 2. The lowest BCUT2D eigenvalue weighted by molar-refractivity contribution is 0.0357. The highest BCUT2D eigenvalue weighted by atomic mass is 19.1. The van der Waals surface area contributed by atoms with Gasteiger partial charge in [0, 0.05) is 66.1 Å². The summed E-state index contributed by atoms with van der Waals surface area (Å²) in [5.41, 5.74) is 0.882. The molecule has 5 aromatic rings. The van der Waals surface area contributed by atoms with E-state index < -0.39 is 17.2 Å². The summed E-state index contributed by atoms with van der Waals surface area (Å²) in [5, 5.41) is 3.58. The van der Waals surface area contributed by atoms with E-state index in [2.05, 4.69) is 20.2 Å². The van der Waals surface area contributed by atoms with Crippen molar-refractivity contribution in [2.45, 2.75) is 6.42 Å². The van der Waals surface area contributed by atoms with Gasteiger partial charge in [0.05, 0.1) is 32.4 Å². The molecule has 44 heavy (non-hydrogen) atoms. The van der Waals surface area contributed by atoms with E-state index in [9.17, 15) is 9.59 Å². The molecule has 3 heterocycles. The van der Waals surface area contributed by atoms with Crippen molar-refractivity contribution in [2.24, 2.45) is 0 Å². The van der Waals surface area contributed by atoms with Gasteiger partial charge in [-0.25, -0.2) is 4.39 Å². The molecule has 2 N–H and O–H groups in total. The number of nitrogens with one attached hydrogen (secondary N) is 2. The molecule has 1 aliphatic heterocycles. The Hall–Kier alpha value is -5.00. The summed E-state index contributed by atoms with van der Waals surface area (Å²) in [6.07, 6.45) is 3.77. The standard InChI is InChI=1S/C33H31FN4O6/c1-41-30-18-23-27(19-31(30)43-14-4-11-38-12-15-42-16-13-38)35-10-9-28(23)44-29-8-7-21(17-25(29)34)37-33(40)24-20-36-26-6-3-2-5-22(26)32(24)39/h2-3,5-10,17-20H,4,11-16H2,1H3,(H,36,39)(H,37,40). The second-order valence-electron chi connectivity index (χ2n) is 10.3. The Labute approximate surface area is 252 Å². The minimum absolute atomic E-state index is 0.0542. The number of morpholine rings is 1. The number of methoxy groups -OCH3 is 1. The summed E-state index contributed by atoms with van der Waals surface area (Å²) in [4.78, 5) is 35.3. The highest BCUT2D eigenvalue weighted by molar-refractivity contribution is 6.05. The molecule has 10 nitrogen and oxygen atoms in total. The summed E-state index contributed by atoms with van der Waals surface area (Å²) in [5.74, 6) is 0.0166. The Morgan fingerprint density at radius 3 is 2.68 bits per heavy atom. The molecule has 6 rings (SSSR count). The molecule has 1 amide bonds. The lowest BCUT2D eigenvalue weighted by Gasteiger charge is -2.26. The smallest absolute Gasteiger partial charge is 0.261 e. The van der Waals surface area contributed by atoms with Crippen LogP contribution in [0.4, 0.5) is 10.1 Å². The van der Waals surface area contributed by atoms with Gasteiger partial charge in [-0.3, -0.25) is 19.5 Å². The topological polar surface area (TPSA) is 115 Å². The van der Waals surface area contributed by atoms with Crippen molar-refractivity contribution in [3.63, 3.8) is 0 Å². The maximum atomic E-state index is 15.2. The van der Waals surface area contributed by atoms with Crippen molar-refractivity contribution < 1.29 is 28.1 Å². The van der Waals surface area contributed by atoms with E-state index in [1.807, 2.05) is 0 Å². The molecule has 1 aliphatic rings. The largest absolute Gasteiger partial charge is 0.493 e. The molecule has 0 bridgehead atoms. The minimum atomic E-state index is -0.702. The molecule has 0 saturated carbocycles. The first-order valence-electron chi connectivity index (χ1n) is 14.3. The molecular weight excluding hydrogens is 567 g/mol. The van der Waals surface area contributed by atoms with Crippen LogP contribution in [-0.4, -0.2) is 67.3 Å². The number of hydrogen-bond donors (Lipinski definition) is 2. The zero-order valence-electron chi connectivity index (χ0n) is 24.1. The molecule has 0 radical (unpaired) electrons. The third-order valence-corrected chi connectivity index (χ3v) is 7.41. The van der Waals surface area contributed by atoms with Crippen molar-refractivity contribution in [3.8, 4) is 23.0 Å². The van der Waals surface area contributed by atoms with Gasteiger partial charge in [0.15, 0.2) is 23.1 Å². The van der Waals surface area contributed by atoms with Crippen LogP contribution in [0, 0.1) is 5.82 Å². The average Bonchev–Trinajstić information content (AvgIpc) is 3.05. The summed E-state index contributed by atoms with van der Waals surface area (Å²) < 4.78 is 38.1. The second-order valence-corrected chi connectivity index (χ2v) is 10.3. The van der Waals surface area contributed by atoms with Crippen LogP contribution in [0.2, 0.25) is 0 Å². The number of hydrogen-bond acceptors (Lipinski definition) is 8. The first kappa shape index (κ1) is 29.1. The van der Waals surface area contributed by atoms with Gasteiger partial charge < -0.3 is 29.2 Å². The predicted molar refractivity (Wildman–Crippen MR) is 165 cm³/mol. The van der Waals surface area contributed by atoms with Gasteiger partial charge in [0.25, 0.3) is 5.91 Å². The number of pyridine rings is 2. The average molecular weight is 599 g/mol. The highest BCUT2D eigenvalue weighted by Crippen LogP contribution is 2.38. The van der Waals surface area contributed by atoms with Crippen molar-refractivity contribution in [1.29, 1.82) is 0 Å². The quantitative estimate of drug-likeness (QED) is 0.206. The van der Waals surface area contributed by atoms with Crippen LogP contribution in [0.3, 0.4) is 0 Å². The lowest BCUT2D eigenvalue weighted by atomic mass is 10.1. The number of para-hydroxylation sites is 1. The molecule has 3 aromatic carbocycles. The van der Waals surface area contributed by atoms with Gasteiger partial charge in [-0.1, -0.05) is 12.1 Å². The van der Waals surface area contributed by atoms with Crippen LogP contribution in [0.15, 0.2) is 77.9 Å². The number of carbonyl (C=O) groups excluding carboxylic acids is 1. The molecule has 0 aliphatic carbocycles. The number of carbonyl (C=O) groups is 1. The van der Waals surface area contributed by atoms with E-state index in [-0.39, 0.29) is 17.0 Å². The third-order valence-electron chi connectivity index (χ3n) is 7.41. The van der Waals surface area contributed by atoms with Gasteiger partial charge in [0.1, 0.15) is 11.3 Å². The zero-order valence-corrected chi connectivity index (χ0v) is 24.1. The summed E-state index contributed by atoms with van der Waals surface area (Å²) in [6, 6.07) is 16.1. The van der Waals surface area contributed by atoms with Gasteiger partial charge in [0.2, 0.25) is 5.43 Å². The summed E-state index contributed by atoms with van der Waals surface area (Å²) in [6.45, 7) is 4.81. The molecular formula is C33H31FN4O6. The molecule has 1 saturated heterocycles. The van der Waals surface area contributed by atoms with E-state index >= 15 is 4.39 Å². The van der Waals surface area contributed by atoms with Gasteiger partial charge in [-0.15, -0.1) is 0 Å². The van der Waals surface area contributed by atoms with Crippen molar-refractivity contribution >= 4 is 33.4 Å². The van der Waals surface area contributed by atoms with Crippen LogP contribution >= 0.6 is 0 Å². The molecule has 0 unspecified atom stereocenters. The predicted octanol–water partition coefficient (Wildman–Crippen LogP) is 5.37. The SMILES string of the molecule is COc1cc2c(Oc3ccc(NC(=O)c4c[nH]c5ccccc5c4=O)cc3F)ccnc2cc1OCCCN1CCOCC1. The van der Waals surface area contributed by atoms with Crippen molar-refractivity contribution in [2.75, 3.05) is 51.9 Å². The van der Waals surface area contributed by atoms with E-state index in [0.717, 1.165) is 45.3 Å². The molecule has 0 atom stereocenters. The van der Waals surface area contributed by atoms with Crippen LogP contribution in [0.5, 0.6) is 23.0 Å². The molecule has 11 heteroatoms. The number of ether oxygens (including phenoxy) is 4. The first-order chi connectivity index (χ1) is 21.5. The van der Waals surface area contributed by atoms with Crippen LogP contribution in [0.1, 0.15) is 16.8 Å². The first-order valence-corrected chi connectivity index (χ1v) is 14.3. The fourth-order valence-electron chi connectivity index (χ4n) is 5.10. The second kappa shape index (κ2) is 13.1. The molecule has 226 valence electrons. The monoisotopic (exact) mass is 598 g/mol. The molecule has 1 fully saturated rings. The van der Waals surface area contributed by atoms with Gasteiger partial charge in [-0.2, -0.15) is 0 Å². The van der Waals surface area contributed by atoms with E-state index in [0.29, 0.717) is 45.7 Å². The van der Waals surface area contributed by atoms with Gasteiger partial charge >= 0.3 is 0 Å². The van der Waals surface area contributed by atoms with E-state index in [1.54, 1.807) is 55.8 Å². The van der Waals surface area contributed by atoms with E-state index in [1.165, 1.54) is 18.3 Å². The number of aromatic amines is 1. The number of benzene rings is 3. The summed E-state index contributed by atoms with van der Waals surface area (Å²) in [7, 11) is 1.55. The van der Waals surface area contributed by atoms with Crippen molar-refractivity contribution in [3.05, 3.63) is 94.7 Å². The number of halogens is 1. The summed E-state index contributed by atoms with van der Waals surface area (Å²) >= 11 is 0. The number of rotatable bonds is 10. The number of nitrogens with zero attached hydrogens (tertiary/aromatic N) is 2. The van der Waals surface area contributed by atoms with Crippen LogP contribution in [0.25, 0.3) is 21.8 Å². The molecule has 0 spiro atoms. The van der Waals surface area contributed by atoms with Crippen LogP contribution < -0.4 is 25.0 Å². The molecule has 2 aromatic heterocycles. The third kappa shape index (κ3) is 6.34. The minimum Gasteiger partial charge on any atom is -0.493 e. The Morgan fingerprint density at radius 2 is 1.86 bits per heavy atom. The van der Waals surface area contributed by atoms with E-state index in [4.69, 9.17) is 18.9 Å². The Bertz CT molecular complexity index is 1870. The maximum absolute atomic E-state index is 15.2. The zero-order chi connectivity index (χ0) is 30.5. The fourth-order valence-corrected chi connectivity index (χ4v) is 5.10. The Kier molecular flexibility index (Phi) is 8.67. The number of amides is 1. The highest BCUT2D eigenvalue weighted by Gasteiger charge is 2.17. The van der Waals surface area contributed by atoms with Crippen LogP contribution in [-0.2, 0) is 4.74 Å². The normalized spacial score (nSPS) is 13.6. The fraction of sp³-hybridized carbons (Fsp3) is 0.242. The lowest BCUT2D eigenvalue weighted by Crippen LogP contribution is -2.37. The number of anilines is 1. The number of H-pyrrole nitrogens is 1. The Morgan fingerprint density at radius 1 is 1.02 bits per heavy atom.